The number of amides is 1. The maximum atomic E-state index is 12.5. The van der Waals surface area contributed by atoms with E-state index in [1.807, 2.05) is 0 Å². The third kappa shape index (κ3) is 4.58. The van der Waals surface area contributed by atoms with Gasteiger partial charge in [0.2, 0.25) is 5.91 Å². The molecule has 26 heavy (non-hydrogen) atoms. The van der Waals surface area contributed by atoms with Gasteiger partial charge in [-0.25, -0.2) is 4.98 Å². The van der Waals surface area contributed by atoms with Crippen molar-refractivity contribution in [1.29, 1.82) is 0 Å². The van der Waals surface area contributed by atoms with Gasteiger partial charge in [-0.1, -0.05) is 44.2 Å². The number of carbonyl (C=O) groups is 1. The van der Waals surface area contributed by atoms with Gasteiger partial charge in [0, 0.05) is 30.3 Å². The van der Waals surface area contributed by atoms with Gasteiger partial charge in [0.05, 0.1) is 11.6 Å². The Hall–Kier alpha value is -1.56. The molecule has 1 N–H and O–H groups in total. The topological polar surface area (TPSA) is 64.0 Å². The Labute approximate surface area is 159 Å². The van der Waals surface area contributed by atoms with E-state index in [2.05, 4.69) is 37.1 Å². The minimum absolute atomic E-state index is 0.0476. The van der Waals surface area contributed by atoms with Crippen molar-refractivity contribution in [3.8, 4) is 0 Å². The van der Waals surface area contributed by atoms with Gasteiger partial charge < -0.3 is 5.32 Å². The van der Waals surface area contributed by atoms with Gasteiger partial charge in [-0.3, -0.25) is 14.2 Å². The van der Waals surface area contributed by atoms with Crippen molar-refractivity contribution in [3.05, 3.63) is 33.8 Å². The third-order valence-electron chi connectivity index (χ3n) is 5.06. The second-order valence-corrected chi connectivity index (χ2v) is 9.27. The van der Waals surface area contributed by atoms with Gasteiger partial charge in [-0.2, -0.15) is 0 Å². The third-order valence-corrected chi connectivity index (χ3v) is 6.20. The van der Waals surface area contributed by atoms with E-state index in [1.165, 1.54) is 43.0 Å². The minimum atomic E-state index is -0.173. The first-order valence-corrected chi connectivity index (χ1v) is 10.5. The van der Waals surface area contributed by atoms with Crippen LogP contribution in [0, 0.1) is 5.92 Å². The number of nitrogens with one attached hydrogen (secondary N) is 1. The number of allylic oxidation sites excluding steroid dienone is 1. The van der Waals surface area contributed by atoms with Crippen molar-refractivity contribution in [2.45, 2.75) is 70.0 Å². The average Bonchev–Trinajstić information content (AvgIpc) is 2.61. The zero-order valence-corrected chi connectivity index (χ0v) is 16.8. The zero-order valence-electron chi connectivity index (χ0n) is 16.0. The van der Waals surface area contributed by atoms with Gasteiger partial charge in [0.25, 0.3) is 5.56 Å². The summed E-state index contributed by atoms with van der Waals surface area (Å²) in [7, 11) is 0. The highest BCUT2D eigenvalue weighted by atomic mass is 32.2. The fourth-order valence-corrected chi connectivity index (χ4v) is 4.47. The molecule has 1 aliphatic heterocycles. The van der Waals surface area contributed by atoms with Crippen molar-refractivity contribution in [3.63, 3.8) is 0 Å². The lowest BCUT2D eigenvalue weighted by molar-refractivity contribution is -0.124. The molecule has 3 rings (SSSR count). The Morgan fingerprint density at radius 1 is 1.38 bits per heavy atom. The molecule has 0 saturated carbocycles. The van der Waals surface area contributed by atoms with E-state index in [1.54, 1.807) is 10.6 Å². The predicted molar refractivity (Wildman–Crippen MR) is 106 cm³/mol. The van der Waals surface area contributed by atoms with E-state index in [9.17, 15) is 9.59 Å². The molecule has 0 aromatic carbocycles. The summed E-state index contributed by atoms with van der Waals surface area (Å²) >= 11 is 1.51. The summed E-state index contributed by atoms with van der Waals surface area (Å²) in [6.07, 6.45) is 8.15. The monoisotopic (exact) mass is 375 g/mol. The van der Waals surface area contributed by atoms with Gasteiger partial charge in [-0.05, 0) is 32.1 Å². The average molecular weight is 376 g/mol. The zero-order chi connectivity index (χ0) is 18.7. The van der Waals surface area contributed by atoms with Gasteiger partial charge >= 0.3 is 0 Å². The summed E-state index contributed by atoms with van der Waals surface area (Å²) in [4.78, 5) is 29.6. The number of nitrogens with zero attached hydrogens (tertiary/aromatic N) is 2. The second kappa shape index (κ2) is 7.99. The maximum absolute atomic E-state index is 12.5. The Kier molecular flexibility index (Phi) is 5.90. The number of fused-ring (bicyclic) bond motifs is 1. The van der Waals surface area contributed by atoms with Crippen LogP contribution in [0.25, 0.3) is 0 Å². The number of carbonyl (C=O) groups excluding carboxylic acids is 1. The molecular formula is C20H29N3O2S. The number of hydrogen-bond donors (Lipinski definition) is 1. The van der Waals surface area contributed by atoms with Crippen LogP contribution in [0.15, 0.2) is 27.7 Å². The molecule has 0 fully saturated rings. The van der Waals surface area contributed by atoms with Crippen LogP contribution in [0.5, 0.6) is 0 Å². The molecule has 1 atom stereocenters. The van der Waals surface area contributed by atoms with Crippen LogP contribution >= 0.6 is 11.8 Å². The van der Waals surface area contributed by atoms with E-state index >= 15 is 0 Å². The fraction of sp³-hybridized carbons (Fsp3) is 0.650. The molecule has 1 aliphatic carbocycles. The standard InChI is InChI=1S/C20H29N3O2S/c1-20(2,3)16-11-17(24)23-12-15(13-26-19(23)22-16)18(25)21-10-9-14-7-5-4-6-8-14/h7,11,15H,4-6,8-10,12-13H2,1-3H3,(H,21,25). The first kappa shape index (κ1) is 19.2. The Morgan fingerprint density at radius 2 is 2.19 bits per heavy atom. The minimum Gasteiger partial charge on any atom is -0.355 e. The van der Waals surface area contributed by atoms with Crippen LogP contribution in [-0.2, 0) is 16.8 Å². The van der Waals surface area contributed by atoms with Crippen LogP contribution in [0.3, 0.4) is 0 Å². The summed E-state index contributed by atoms with van der Waals surface area (Å²) in [6, 6.07) is 1.61. The summed E-state index contributed by atoms with van der Waals surface area (Å²) in [6.45, 7) is 7.27. The molecule has 6 heteroatoms. The van der Waals surface area contributed by atoms with E-state index in [-0.39, 0.29) is 22.8 Å². The first-order valence-electron chi connectivity index (χ1n) is 9.55. The molecule has 142 valence electrons. The lowest BCUT2D eigenvalue weighted by Gasteiger charge is -2.26. The molecule has 2 heterocycles. The van der Waals surface area contributed by atoms with Gasteiger partial charge in [0.15, 0.2) is 5.16 Å². The smallest absolute Gasteiger partial charge is 0.254 e. The number of rotatable bonds is 4. The molecule has 1 aromatic rings. The highest BCUT2D eigenvalue weighted by molar-refractivity contribution is 7.99. The number of thioether (sulfide) groups is 1. The lowest BCUT2D eigenvalue weighted by Crippen LogP contribution is -2.40. The molecule has 0 radical (unpaired) electrons. The Balaban J connectivity index is 1.60. The molecule has 1 aromatic heterocycles. The van der Waals surface area contributed by atoms with Crippen molar-refractivity contribution < 1.29 is 4.79 Å². The van der Waals surface area contributed by atoms with Crippen LogP contribution in [0.4, 0.5) is 0 Å². The second-order valence-electron chi connectivity index (χ2n) is 8.28. The molecule has 2 aliphatic rings. The van der Waals surface area contributed by atoms with E-state index in [4.69, 9.17) is 0 Å². The van der Waals surface area contributed by atoms with Crippen LogP contribution in [-0.4, -0.2) is 27.8 Å². The van der Waals surface area contributed by atoms with Gasteiger partial charge in [-0.15, -0.1) is 0 Å². The van der Waals surface area contributed by atoms with Crippen molar-refractivity contribution >= 4 is 17.7 Å². The van der Waals surface area contributed by atoms with Crippen LogP contribution < -0.4 is 10.9 Å². The van der Waals surface area contributed by atoms with Crippen molar-refractivity contribution in [2.24, 2.45) is 5.92 Å². The summed E-state index contributed by atoms with van der Waals surface area (Å²) in [5.74, 6) is 0.549. The fourth-order valence-electron chi connectivity index (χ4n) is 3.38. The molecule has 0 saturated heterocycles. The van der Waals surface area contributed by atoms with E-state index < -0.39 is 0 Å². The summed E-state index contributed by atoms with van der Waals surface area (Å²) in [5, 5.41) is 3.79. The molecule has 1 amide bonds. The van der Waals surface area contributed by atoms with Crippen LogP contribution in [0.1, 0.15) is 58.6 Å². The SMILES string of the molecule is CC(C)(C)c1cc(=O)n2c(n1)SCC(C(=O)NCCC1=CCCCC1)C2. The molecule has 5 nitrogen and oxygen atoms in total. The Morgan fingerprint density at radius 3 is 2.88 bits per heavy atom. The molecular weight excluding hydrogens is 346 g/mol. The van der Waals surface area contributed by atoms with Gasteiger partial charge in [0.1, 0.15) is 0 Å². The van der Waals surface area contributed by atoms with E-state index in [0.29, 0.717) is 18.8 Å². The molecule has 0 spiro atoms. The van der Waals surface area contributed by atoms with Crippen LogP contribution in [0.2, 0.25) is 0 Å². The summed E-state index contributed by atoms with van der Waals surface area (Å²) in [5.41, 5.74) is 2.06. The summed E-state index contributed by atoms with van der Waals surface area (Å²) < 4.78 is 1.65. The van der Waals surface area contributed by atoms with Crippen molar-refractivity contribution in [2.75, 3.05) is 12.3 Å². The lowest BCUT2D eigenvalue weighted by atomic mass is 9.92. The quantitative estimate of drug-likeness (QED) is 0.648. The normalized spacial score (nSPS) is 20.3. The largest absolute Gasteiger partial charge is 0.355 e. The number of hydrogen-bond acceptors (Lipinski definition) is 4. The predicted octanol–water partition coefficient (Wildman–Crippen LogP) is 3.27. The maximum Gasteiger partial charge on any atom is 0.254 e. The van der Waals surface area contributed by atoms with Crippen molar-refractivity contribution in [1.82, 2.24) is 14.9 Å². The number of aromatic nitrogens is 2. The molecule has 0 bridgehead atoms. The highest BCUT2D eigenvalue weighted by Crippen LogP contribution is 2.28. The highest BCUT2D eigenvalue weighted by Gasteiger charge is 2.28. The molecule has 1 unspecified atom stereocenters. The van der Waals surface area contributed by atoms with E-state index in [0.717, 1.165) is 17.3 Å². The first-order chi connectivity index (χ1) is 12.3. The Bertz CT molecular complexity index is 761.